The number of hydrogen-bond donors (Lipinski definition) is 2. The van der Waals surface area contributed by atoms with Crippen LogP contribution in [0.2, 0.25) is 0 Å². The lowest BCUT2D eigenvalue weighted by atomic mass is 10.5. The van der Waals surface area contributed by atoms with Crippen molar-refractivity contribution in [2.75, 3.05) is 6.61 Å². The molecule has 0 aromatic rings. The van der Waals surface area contributed by atoms with Crippen LogP contribution in [0, 0.1) is 0 Å². The number of ether oxygens (including phenoxy) is 1. The minimum Gasteiger partial charge on any atom is -0.393 e. The van der Waals surface area contributed by atoms with Crippen LogP contribution in [0.25, 0.3) is 0 Å². The van der Waals surface area contributed by atoms with Crippen LogP contribution in [-0.2, 0) is 4.74 Å². The molecule has 6 heavy (non-hydrogen) atoms. The summed E-state index contributed by atoms with van der Waals surface area (Å²) in [6.07, 6.45) is -0.972. The average molecular weight is 90.1 g/mol. The first kappa shape index (κ1) is 4.05. The number of aliphatic hydroxyl groups is 2. The van der Waals surface area contributed by atoms with Crippen molar-refractivity contribution in [3.05, 3.63) is 0 Å². The summed E-state index contributed by atoms with van der Waals surface area (Å²) in [5.41, 5.74) is 0. The summed E-state index contributed by atoms with van der Waals surface area (Å²) >= 11 is 0. The van der Waals surface area contributed by atoms with E-state index in [-0.39, 0.29) is 12.7 Å². The fourth-order valence-corrected chi connectivity index (χ4v) is 0.267. The van der Waals surface area contributed by atoms with Crippen LogP contribution < -0.4 is 0 Å². The quantitative estimate of drug-likeness (QED) is 0.393. The number of epoxide rings is 1. The Kier molecular flexibility index (Phi) is 0.799. The maximum absolute atomic E-state index is 8.24. The van der Waals surface area contributed by atoms with Gasteiger partial charge in [0, 0.05) is 0 Å². The molecule has 0 radical (unpaired) electrons. The molecular weight excluding hydrogens is 84.0 g/mol. The molecule has 36 valence electrons. The van der Waals surface area contributed by atoms with Gasteiger partial charge in [0.25, 0.3) is 0 Å². The highest BCUT2D eigenvalue weighted by Gasteiger charge is 2.35. The molecule has 1 aliphatic heterocycles. The molecule has 0 aromatic heterocycles. The van der Waals surface area contributed by atoms with Gasteiger partial charge in [-0.2, -0.15) is 0 Å². The highest BCUT2D eigenvalue weighted by Crippen LogP contribution is 2.16. The minimum absolute atomic E-state index is 0.0683. The van der Waals surface area contributed by atoms with Gasteiger partial charge in [-0.15, -0.1) is 0 Å². The van der Waals surface area contributed by atoms with Crippen LogP contribution in [-0.4, -0.2) is 29.2 Å². The fraction of sp³-hybridized carbons (Fsp3) is 1.00. The predicted molar refractivity (Wildman–Crippen MR) is 18.0 cm³/mol. The van der Waals surface area contributed by atoms with Crippen molar-refractivity contribution in [2.24, 2.45) is 0 Å². The Bertz CT molecular complexity index is 52.0. The number of hydrogen-bond acceptors (Lipinski definition) is 3. The molecule has 1 aliphatic rings. The summed E-state index contributed by atoms with van der Waals surface area (Å²) in [6.45, 7) is -0.0683. The first-order valence-corrected chi connectivity index (χ1v) is 1.79. The van der Waals surface area contributed by atoms with E-state index in [0.29, 0.717) is 0 Å². The van der Waals surface area contributed by atoms with Gasteiger partial charge in [-0.1, -0.05) is 0 Å². The molecule has 1 fully saturated rings. The molecule has 0 amide bonds. The van der Waals surface area contributed by atoms with E-state index >= 15 is 0 Å². The van der Waals surface area contributed by atoms with Crippen LogP contribution >= 0.6 is 0 Å². The zero-order valence-corrected chi connectivity index (χ0v) is 3.16. The van der Waals surface area contributed by atoms with E-state index < -0.39 is 6.29 Å². The molecular formula is C3H6O3. The Hall–Kier alpha value is -0.120. The second-order valence-corrected chi connectivity index (χ2v) is 1.25. The van der Waals surface area contributed by atoms with Crippen molar-refractivity contribution >= 4 is 0 Å². The largest absolute Gasteiger partial charge is 0.393 e. The van der Waals surface area contributed by atoms with Crippen LogP contribution in [0.15, 0.2) is 0 Å². The van der Waals surface area contributed by atoms with Gasteiger partial charge in [-0.3, -0.25) is 0 Å². The first-order chi connectivity index (χ1) is 2.84. The third kappa shape index (κ3) is 0.518. The molecule has 2 atom stereocenters. The molecule has 1 saturated heterocycles. The molecule has 3 nitrogen and oxygen atoms in total. The summed E-state index contributed by atoms with van der Waals surface area (Å²) in [7, 11) is 0. The third-order valence-electron chi connectivity index (χ3n) is 0.736. The summed E-state index contributed by atoms with van der Waals surface area (Å²) in [4.78, 5) is 0. The Morgan fingerprint density at radius 1 is 1.67 bits per heavy atom. The topological polar surface area (TPSA) is 53.0 Å². The summed E-state index contributed by atoms with van der Waals surface area (Å²) in [5.74, 6) is 0. The SMILES string of the molecule is OC[C@H]1O[C@H]1O. The van der Waals surface area contributed by atoms with Crippen molar-refractivity contribution in [3.63, 3.8) is 0 Å². The molecule has 2 N–H and O–H groups in total. The zero-order chi connectivity index (χ0) is 4.57. The van der Waals surface area contributed by atoms with E-state index in [1.54, 1.807) is 0 Å². The number of rotatable bonds is 1. The molecule has 0 aromatic carbocycles. The maximum atomic E-state index is 8.24. The van der Waals surface area contributed by atoms with Crippen LogP contribution in [0.1, 0.15) is 0 Å². The Balaban J connectivity index is 2.09. The molecule has 3 heteroatoms. The van der Waals surface area contributed by atoms with Gasteiger partial charge in [-0.05, 0) is 0 Å². The lowest BCUT2D eigenvalue weighted by Crippen LogP contribution is -1.96. The van der Waals surface area contributed by atoms with Gasteiger partial charge in [0.05, 0.1) is 6.61 Å². The molecule has 0 bridgehead atoms. The van der Waals surface area contributed by atoms with Gasteiger partial charge in [0.2, 0.25) is 0 Å². The standard InChI is InChI=1S/C3H6O3/c4-1-2-3(5)6-2/h2-5H,1H2/t2-,3-/m1/s1. The van der Waals surface area contributed by atoms with Gasteiger partial charge in [-0.25, -0.2) is 0 Å². The molecule has 0 spiro atoms. The van der Waals surface area contributed by atoms with Crippen LogP contribution in [0.3, 0.4) is 0 Å². The van der Waals surface area contributed by atoms with E-state index in [4.69, 9.17) is 10.2 Å². The summed E-state index contributed by atoms with van der Waals surface area (Å²) in [6, 6.07) is 0. The first-order valence-electron chi connectivity index (χ1n) is 1.79. The smallest absolute Gasteiger partial charge is 0.184 e. The van der Waals surface area contributed by atoms with Gasteiger partial charge in [0.1, 0.15) is 6.10 Å². The Morgan fingerprint density at radius 3 is 2.17 bits per heavy atom. The lowest BCUT2D eigenvalue weighted by molar-refractivity contribution is 0.155. The normalized spacial score (nSPS) is 43.0. The minimum atomic E-state index is -0.685. The van der Waals surface area contributed by atoms with Gasteiger partial charge < -0.3 is 14.9 Å². The Labute approximate surface area is 35.2 Å². The van der Waals surface area contributed by atoms with Gasteiger partial charge >= 0.3 is 0 Å². The third-order valence-corrected chi connectivity index (χ3v) is 0.736. The Morgan fingerprint density at radius 2 is 2.17 bits per heavy atom. The van der Waals surface area contributed by atoms with E-state index in [1.165, 1.54) is 0 Å². The molecule has 1 rings (SSSR count). The molecule has 0 aliphatic carbocycles. The van der Waals surface area contributed by atoms with E-state index in [9.17, 15) is 0 Å². The monoisotopic (exact) mass is 90.0 g/mol. The van der Waals surface area contributed by atoms with Crippen LogP contribution in [0.4, 0.5) is 0 Å². The zero-order valence-electron chi connectivity index (χ0n) is 3.16. The second-order valence-electron chi connectivity index (χ2n) is 1.25. The maximum Gasteiger partial charge on any atom is 0.184 e. The highest BCUT2D eigenvalue weighted by atomic mass is 16.7. The molecule has 1 heterocycles. The van der Waals surface area contributed by atoms with Crippen molar-refractivity contribution in [1.82, 2.24) is 0 Å². The second kappa shape index (κ2) is 1.18. The summed E-state index contributed by atoms with van der Waals surface area (Å²) < 4.78 is 4.37. The van der Waals surface area contributed by atoms with Crippen molar-refractivity contribution in [3.8, 4) is 0 Å². The average Bonchev–Trinajstić information content (AvgIpc) is 2.19. The molecule has 0 saturated carbocycles. The van der Waals surface area contributed by atoms with E-state index in [2.05, 4.69) is 4.74 Å². The van der Waals surface area contributed by atoms with Crippen molar-refractivity contribution in [1.29, 1.82) is 0 Å². The summed E-state index contributed by atoms with van der Waals surface area (Å²) in [5, 5.41) is 16.3. The fourth-order valence-electron chi connectivity index (χ4n) is 0.267. The molecule has 0 unspecified atom stereocenters. The van der Waals surface area contributed by atoms with Gasteiger partial charge in [0.15, 0.2) is 6.29 Å². The van der Waals surface area contributed by atoms with Crippen LogP contribution in [0.5, 0.6) is 0 Å². The van der Waals surface area contributed by atoms with Crippen molar-refractivity contribution in [2.45, 2.75) is 12.4 Å². The van der Waals surface area contributed by atoms with E-state index in [0.717, 1.165) is 0 Å². The van der Waals surface area contributed by atoms with E-state index in [1.807, 2.05) is 0 Å². The lowest BCUT2D eigenvalue weighted by Gasteiger charge is -1.72. The highest BCUT2D eigenvalue weighted by molar-refractivity contribution is 4.72. The number of aliphatic hydroxyl groups excluding tert-OH is 2. The predicted octanol–water partition coefficient (Wildman–Crippen LogP) is -1.30. The van der Waals surface area contributed by atoms with Crippen molar-refractivity contribution < 1.29 is 14.9 Å².